The lowest BCUT2D eigenvalue weighted by atomic mass is 9.97. The first-order valence-electron chi connectivity index (χ1n) is 4.72. The van der Waals surface area contributed by atoms with Crippen LogP contribution in [-0.2, 0) is 11.2 Å². The third-order valence-corrected chi connectivity index (χ3v) is 3.23. The van der Waals surface area contributed by atoms with E-state index in [2.05, 4.69) is 15.9 Å². The maximum atomic E-state index is 13.1. The molecule has 1 N–H and O–H groups in total. The van der Waals surface area contributed by atoms with Crippen LogP contribution in [0, 0.1) is 11.7 Å². The van der Waals surface area contributed by atoms with Crippen molar-refractivity contribution >= 4 is 21.9 Å². The van der Waals surface area contributed by atoms with Gasteiger partial charge in [-0.15, -0.1) is 0 Å². The van der Waals surface area contributed by atoms with Crippen LogP contribution in [0.2, 0.25) is 0 Å². The summed E-state index contributed by atoms with van der Waals surface area (Å²) in [6.07, 6.45) is 0.891. The smallest absolute Gasteiger partial charge is 0.306 e. The van der Waals surface area contributed by atoms with E-state index in [1.807, 2.05) is 6.92 Å². The lowest BCUT2D eigenvalue weighted by molar-refractivity contribution is -0.141. The van der Waals surface area contributed by atoms with Gasteiger partial charge in [0.05, 0.1) is 10.4 Å². The number of rotatable bonds is 4. The van der Waals surface area contributed by atoms with Crippen molar-refractivity contribution in [3.63, 3.8) is 0 Å². The average molecular weight is 275 g/mol. The molecular formula is C11H12BrFO2. The molecule has 0 aliphatic heterocycles. The van der Waals surface area contributed by atoms with E-state index in [4.69, 9.17) is 5.11 Å². The highest BCUT2D eigenvalue weighted by atomic mass is 79.9. The van der Waals surface area contributed by atoms with Crippen molar-refractivity contribution in [2.75, 3.05) is 0 Å². The second-order valence-electron chi connectivity index (χ2n) is 3.36. The predicted molar refractivity (Wildman–Crippen MR) is 59.2 cm³/mol. The molecule has 1 unspecified atom stereocenters. The lowest BCUT2D eigenvalue weighted by Crippen LogP contribution is -2.15. The second-order valence-corrected chi connectivity index (χ2v) is 4.15. The summed E-state index contributed by atoms with van der Waals surface area (Å²) in [5.74, 6) is -1.65. The zero-order valence-electron chi connectivity index (χ0n) is 8.34. The SMILES string of the molecule is CCC(Cc1cccc(F)c1Br)C(=O)O. The van der Waals surface area contributed by atoms with E-state index in [1.165, 1.54) is 6.07 Å². The van der Waals surface area contributed by atoms with Gasteiger partial charge in [-0.2, -0.15) is 0 Å². The van der Waals surface area contributed by atoms with Gasteiger partial charge in [-0.25, -0.2) is 4.39 Å². The highest BCUT2D eigenvalue weighted by Crippen LogP contribution is 2.24. The van der Waals surface area contributed by atoms with Crippen LogP contribution in [0.4, 0.5) is 4.39 Å². The van der Waals surface area contributed by atoms with Gasteiger partial charge in [-0.3, -0.25) is 4.79 Å². The van der Waals surface area contributed by atoms with E-state index in [-0.39, 0.29) is 5.82 Å². The van der Waals surface area contributed by atoms with Crippen molar-refractivity contribution in [1.29, 1.82) is 0 Å². The molecule has 0 heterocycles. The summed E-state index contributed by atoms with van der Waals surface area (Å²) in [6.45, 7) is 1.81. The first-order valence-corrected chi connectivity index (χ1v) is 5.51. The minimum Gasteiger partial charge on any atom is -0.481 e. The molecule has 1 aromatic rings. The Bertz CT molecular complexity index is 366. The molecule has 0 radical (unpaired) electrons. The van der Waals surface area contributed by atoms with E-state index in [9.17, 15) is 9.18 Å². The topological polar surface area (TPSA) is 37.3 Å². The molecule has 0 fully saturated rings. The molecule has 15 heavy (non-hydrogen) atoms. The number of hydrogen-bond acceptors (Lipinski definition) is 1. The minimum absolute atomic E-state index is 0.351. The number of benzene rings is 1. The van der Waals surface area contributed by atoms with Crippen LogP contribution in [0.15, 0.2) is 22.7 Å². The zero-order chi connectivity index (χ0) is 11.4. The Balaban J connectivity index is 2.88. The van der Waals surface area contributed by atoms with Crippen LogP contribution in [0.5, 0.6) is 0 Å². The molecular weight excluding hydrogens is 263 g/mol. The summed E-state index contributed by atoms with van der Waals surface area (Å²) >= 11 is 3.12. The molecule has 1 atom stereocenters. The van der Waals surface area contributed by atoms with Gasteiger partial charge in [0.2, 0.25) is 0 Å². The third-order valence-electron chi connectivity index (χ3n) is 2.34. The quantitative estimate of drug-likeness (QED) is 0.915. The molecule has 82 valence electrons. The summed E-state index contributed by atoms with van der Waals surface area (Å²) in [7, 11) is 0. The number of carboxylic acid groups (broad SMARTS) is 1. The summed E-state index contributed by atoms with van der Waals surface area (Å²) in [5, 5.41) is 8.89. The highest BCUT2D eigenvalue weighted by molar-refractivity contribution is 9.10. The number of aliphatic carboxylic acids is 1. The van der Waals surface area contributed by atoms with Crippen molar-refractivity contribution < 1.29 is 14.3 Å². The van der Waals surface area contributed by atoms with Crippen LogP contribution >= 0.6 is 15.9 Å². The Kier molecular flexibility index (Phi) is 4.27. The van der Waals surface area contributed by atoms with Crippen molar-refractivity contribution in [2.45, 2.75) is 19.8 Å². The third kappa shape index (κ3) is 3.02. The van der Waals surface area contributed by atoms with Gasteiger partial charge in [0, 0.05) is 0 Å². The van der Waals surface area contributed by atoms with Gasteiger partial charge in [-0.1, -0.05) is 19.1 Å². The maximum Gasteiger partial charge on any atom is 0.306 e. The molecule has 0 aliphatic rings. The van der Waals surface area contributed by atoms with Gasteiger partial charge in [0.15, 0.2) is 0 Å². The highest BCUT2D eigenvalue weighted by Gasteiger charge is 2.17. The Hall–Kier alpha value is -0.900. The monoisotopic (exact) mass is 274 g/mol. The molecule has 0 bridgehead atoms. The normalized spacial score (nSPS) is 12.5. The predicted octanol–water partition coefficient (Wildman–Crippen LogP) is 3.24. The summed E-state index contributed by atoms with van der Waals surface area (Å²) in [6, 6.07) is 4.66. The van der Waals surface area contributed by atoms with E-state index in [1.54, 1.807) is 12.1 Å². The Morgan fingerprint density at radius 3 is 2.80 bits per heavy atom. The summed E-state index contributed by atoms with van der Waals surface area (Å²) < 4.78 is 13.5. The van der Waals surface area contributed by atoms with Gasteiger partial charge in [-0.05, 0) is 40.4 Å². The number of halogens is 2. The van der Waals surface area contributed by atoms with Crippen LogP contribution < -0.4 is 0 Å². The first-order chi connectivity index (χ1) is 7.06. The molecule has 0 saturated heterocycles. The molecule has 2 nitrogen and oxygen atoms in total. The van der Waals surface area contributed by atoms with Crippen molar-refractivity contribution in [3.8, 4) is 0 Å². The van der Waals surface area contributed by atoms with E-state index in [0.717, 1.165) is 0 Å². The number of hydrogen-bond donors (Lipinski definition) is 1. The standard InChI is InChI=1S/C11H12BrFO2/c1-2-7(11(14)15)6-8-4-3-5-9(13)10(8)12/h3-5,7H,2,6H2,1H3,(H,14,15). The van der Waals surface area contributed by atoms with E-state index in [0.29, 0.717) is 22.9 Å². The first kappa shape index (κ1) is 12.2. The van der Waals surface area contributed by atoms with Gasteiger partial charge < -0.3 is 5.11 Å². The van der Waals surface area contributed by atoms with Crippen molar-refractivity contribution in [2.24, 2.45) is 5.92 Å². The van der Waals surface area contributed by atoms with Crippen molar-refractivity contribution in [1.82, 2.24) is 0 Å². The van der Waals surface area contributed by atoms with E-state index >= 15 is 0 Å². The lowest BCUT2D eigenvalue weighted by Gasteiger charge is -2.11. The average Bonchev–Trinajstić information content (AvgIpc) is 2.19. The summed E-state index contributed by atoms with van der Waals surface area (Å²) in [4.78, 5) is 10.8. The second kappa shape index (κ2) is 5.26. The fourth-order valence-electron chi connectivity index (χ4n) is 1.38. The maximum absolute atomic E-state index is 13.1. The molecule has 4 heteroatoms. The van der Waals surface area contributed by atoms with Crippen LogP contribution in [0.25, 0.3) is 0 Å². The van der Waals surface area contributed by atoms with Crippen LogP contribution in [0.1, 0.15) is 18.9 Å². The largest absolute Gasteiger partial charge is 0.481 e. The molecule has 0 amide bonds. The fourth-order valence-corrected chi connectivity index (χ4v) is 1.80. The number of carboxylic acids is 1. The van der Waals surface area contributed by atoms with Gasteiger partial charge in [0.25, 0.3) is 0 Å². The Morgan fingerprint density at radius 2 is 2.27 bits per heavy atom. The number of carbonyl (C=O) groups is 1. The van der Waals surface area contributed by atoms with Gasteiger partial charge >= 0.3 is 5.97 Å². The Morgan fingerprint density at radius 1 is 1.60 bits per heavy atom. The van der Waals surface area contributed by atoms with Crippen LogP contribution in [-0.4, -0.2) is 11.1 Å². The zero-order valence-corrected chi connectivity index (χ0v) is 9.92. The molecule has 0 saturated carbocycles. The molecule has 0 aliphatic carbocycles. The van der Waals surface area contributed by atoms with Gasteiger partial charge in [0.1, 0.15) is 5.82 Å². The molecule has 1 aromatic carbocycles. The van der Waals surface area contributed by atoms with Crippen molar-refractivity contribution in [3.05, 3.63) is 34.1 Å². The van der Waals surface area contributed by atoms with E-state index < -0.39 is 11.9 Å². The van der Waals surface area contributed by atoms with Crippen LogP contribution in [0.3, 0.4) is 0 Å². The fraction of sp³-hybridized carbons (Fsp3) is 0.364. The minimum atomic E-state index is -0.839. The molecule has 1 rings (SSSR count). The molecule has 0 spiro atoms. The summed E-state index contributed by atoms with van der Waals surface area (Å²) in [5.41, 5.74) is 0.698. The molecule has 0 aromatic heterocycles. The Labute approximate surface area is 96.2 Å².